The summed E-state index contributed by atoms with van der Waals surface area (Å²) in [6.45, 7) is 14.2. The zero-order valence-corrected chi connectivity index (χ0v) is 27.4. The molecule has 0 N–H and O–H groups in total. The fourth-order valence-electron chi connectivity index (χ4n) is 5.85. The Morgan fingerprint density at radius 3 is 2.00 bits per heavy atom. The molecule has 0 nitrogen and oxygen atoms in total. The van der Waals surface area contributed by atoms with Gasteiger partial charge in [-0.25, -0.2) is 0 Å². The molecule has 5 rings (SSSR count). The monoisotopic (exact) mass is 674 g/mol. The number of hydrogen-bond donors (Lipinski definition) is 0. The van der Waals surface area contributed by atoms with E-state index in [1.807, 2.05) is 9.90 Å². The minimum absolute atomic E-state index is 0. The Kier molecular flexibility index (Phi) is 8.99. The van der Waals surface area contributed by atoms with Crippen molar-refractivity contribution < 1.29 is 45.8 Å². The molecule has 3 aliphatic rings. The van der Waals surface area contributed by atoms with Crippen LogP contribution in [0.5, 0.6) is 0 Å². The van der Waals surface area contributed by atoms with Crippen molar-refractivity contribution in [2.24, 2.45) is 0 Å². The summed E-state index contributed by atoms with van der Waals surface area (Å²) >= 11 is -2.31. The summed E-state index contributed by atoms with van der Waals surface area (Å²) in [6.07, 6.45) is 16.7. The van der Waals surface area contributed by atoms with Gasteiger partial charge in [-0.1, -0.05) is 0 Å². The molecule has 35 heavy (non-hydrogen) atoms. The molecule has 0 bridgehead atoms. The summed E-state index contributed by atoms with van der Waals surface area (Å²) in [5, 5.41) is 0. The molecule has 0 saturated heterocycles. The van der Waals surface area contributed by atoms with Crippen LogP contribution in [0.1, 0.15) is 102 Å². The van der Waals surface area contributed by atoms with Crippen molar-refractivity contribution in [2.45, 2.75) is 97.3 Å². The van der Waals surface area contributed by atoms with E-state index in [-0.39, 0.29) is 35.6 Å². The van der Waals surface area contributed by atoms with Gasteiger partial charge < -0.3 is 24.8 Å². The second kappa shape index (κ2) is 10.9. The van der Waals surface area contributed by atoms with Crippen molar-refractivity contribution in [3.63, 3.8) is 0 Å². The molecule has 186 valence electrons. The Morgan fingerprint density at radius 2 is 1.40 bits per heavy atom. The topological polar surface area (TPSA) is 0 Å². The van der Waals surface area contributed by atoms with Gasteiger partial charge in [0.2, 0.25) is 0 Å². The van der Waals surface area contributed by atoms with Crippen LogP contribution in [0.2, 0.25) is 0 Å². The SMILES string of the molecule is CC(C)(C)c1ccc2c(c1)-c1cc(C(C)(C)C)c[c]([Hf+2]([C]3=CC=CC3)=[C]3CCCCC3)c1C2.[Cl-].[Cl-]. The van der Waals surface area contributed by atoms with E-state index < -0.39 is 21.0 Å². The third-order valence-corrected chi connectivity index (χ3v) is 19.4. The minimum atomic E-state index is -2.31. The summed E-state index contributed by atoms with van der Waals surface area (Å²) in [5.74, 6) is 0. The van der Waals surface area contributed by atoms with Gasteiger partial charge in [0.25, 0.3) is 0 Å². The third kappa shape index (κ3) is 5.73. The van der Waals surface area contributed by atoms with Gasteiger partial charge >= 0.3 is 210 Å². The van der Waals surface area contributed by atoms with E-state index >= 15 is 0 Å². The van der Waals surface area contributed by atoms with Crippen LogP contribution in [-0.4, -0.2) is 3.26 Å². The van der Waals surface area contributed by atoms with E-state index in [9.17, 15) is 0 Å². The van der Waals surface area contributed by atoms with Gasteiger partial charge in [0.15, 0.2) is 0 Å². The quantitative estimate of drug-likeness (QED) is 0.366. The van der Waals surface area contributed by atoms with Gasteiger partial charge in [-0.3, -0.25) is 0 Å². The minimum Gasteiger partial charge on any atom is -1.00 e. The molecular weight excluding hydrogens is 634 g/mol. The molecule has 3 aliphatic carbocycles. The summed E-state index contributed by atoms with van der Waals surface area (Å²) in [5.41, 5.74) is 9.66. The summed E-state index contributed by atoms with van der Waals surface area (Å²) in [6, 6.07) is 12.6. The zero-order valence-electron chi connectivity index (χ0n) is 22.3. The Labute approximate surface area is 233 Å². The van der Waals surface area contributed by atoms with Crippen molar-refractivity contribution in [3.8, 4) is 11.1 Å². The number of benzene rings is 2. The molecule has 3 heteroatoms. The van der Waals surface area contributed by atoms with Crippen LogP contribution in [-0.2, 0) is 38.2 Å². The third-order valence-electron chi connectivity index (χ3n) is 7.92. The van der Waals surface area contributed by atoms with Crippen LogP contribution in [0.15, 0.2) is 51.9 Å². The normalized spacial score (nSPS) is 16.5. The molecule has 0 amide bonds. The van der Waals surface area contributed by atoms with E-state index in [0.717, 1.165) is 6.42 Å². The molecule has 0 aromatic heterocycles. The maximum Gasteiger partial charge on any atom is -1.00 e. The van der Waals surface area contributed by atoms with Crippen LogP contribution in [0.25, 0.3) is 11.1 Å². The largest absolute Gasteiger partial charge is 1.00 e. The Morgan fingerprint density at radius 1 is 0.743 bits per heavy atom. The maximum absolute atomic E-state index is 2.69. The van der Waals surface area contributed by atoms with Gasteiger partial charge in [-0.15, -0.1) is 0 Å². The van der Waals surface area contributed by atoms with E-state index in [1.54, 1.807) is 16.7 Å². The summed E-state index contributed by atoms with van der Waals surface area (Å²) in [4.78, 5) is 0. The molecule has 0 radical (unpaired) electrons. The van der Waals surface area contributed by atoms with Crippen molar-refractivity contribution in [2.75, 3.05) is 0 Å². The Hall–Kier alpha value is -0.760. The number of halogens is 2. The maximum atomic E-state index is 2.69. The molecule has 2 aromatic rings. The molecule has 0 atom stereocenters. The Bertz CT molecular complexity index is 1190. The summed E-state index contributed by atoms with van der Waals surface area (Å²) in [7, 11) is 0. The predicted octanol–water partition coefficient (Wildman–Crippen LogP) is 2.08. The van der Waals surface area contributed by atoms with E-state index in [0.29, 0.717) is 0 Å². The van der Waals surface area contributed by atoms with Crippen molar-refractivity contribution in [1.29, 1.82) is 0 Å². The van der Waals surface area contributed by atoms with Gasteiger partial charge in [-0.2, -0.15) is 0 Å². The first-order valence-corrected chi connectivity index (χ1v) is 18.4. The van der Waals surface area contributed by atoms with Crippen molar-refractivity contribution in [1.82, 2.24) is 0 Å². The first kappa shape index (κ1) is 28.8. The first-order valence-electron chi connectivity index (χ1n) is 13.0. The van der Waals surface area contributed by atoms with E-state index in [1.165, 1.54) is 55.2 Å². The molecule has 2 aromatic carbocycles. The average Bonchev–Trinajstić information content (AvgIpc) is 3.41. The molecule has 1 fully saturated rings. The van der Waals surface area contributed by atoms with Crippen molar-refractivity contribution in [3.05, 3.63) is 74.1 Å². The predicted molar refractivity (Wildman–Crippen MR) is 142 cm³/mol. The van der Waals surface area contributed by atoms with Crippen molar-refractivity contribution >= 4 is 6.58 Å². The van der Waals surface area contributed by atoms with Gasteiger partial charge in [0, 0.05) is 0 Å². The smallest absolute Gasteiger partial charge is 1.00 e. The second-order valence-corrected chi connectivity index (χ2v) is 21.9. The zero-order chi connectivity index (χ0) is 23.4. The van der Waals surface area contributed by atoms with Crippen LogP contribution >= 0.6 is 0 Å². The molecular formula is C32H40Cl2Hf. The van der Waals surface area contributed by atoms with Crippen LogP contribution < -0.4 is 28.1 Å². The summed E-state index contributed by atoms with van der Waals surface area (Å²) < 4.78 is 5.65. The number of allylic oxidation sites excluding steroid dienone is 4. The van der Waals surface area contributed by atoms with Crippen LogP contribution in [0.3, 0.4) is 0 Å². The number of rotatable bonds is 2. The second-order valence-electron chi connectivity index (χ2n) is 12.5. The van der Waals surface area contributed by atoms with E-state index in [4.69, 9.17) is 0 Å². The molecule has 0 unspecified atom stereocenters. The standard InChI is InChI=1S/C21H25.C6H10.C5H5.2ClH.Hf/c1-20(2,3)16-9-7-14-11-15-8-10-17(21(4,5)6)13-19(15)18(14)12-16;1-2-4-6-5-3-1;1-2-4-5-3-1;;;/h7,9-10,12-13H,11H2,1-6H3;1-5H2;1-3H,4H2;2*1H;/q;;;;;+2/p-2. The van der Waals surface area contributed by atoms with Gasteiger partial charge in [0.05, 0.1) is 0 Å². The number of fused-ring (bicyclic) bond motifs is 3. The number of hydrogen-bond acceptors (Lipinski definition) is 0. The first-order chi connectivity index (χ1) is 15.6. The van der Waals surface area contributed by atoms with E-state index in [2.05, 4.69) is 90.1 Å². The molecule has 1 saturated carbocycles. The van der Waals surface area contributed by atoms with Gasteiger partial charge in [-0.05, 0) is 0 Å². The Balaban J connectivity index is 0.00000171. The molecule has 0 aliphatic heterocycles. The van der Waals surface area contributed by atoms with Crippen LogP contribution in [0.4, 0.5) is 0 Å². The fraction of sp³-hybridized carbons (Fsp3) is 0.469. The fourth-order valence-corrected chi connectivity index (χ4v) is 18.2. The average molecular weight is 674 g/mol. The molecule has 0 heterocycles. The van der Waals surface area contributed by atoms with Gasteiger partial charge in [0.1, 0.15) is 0 Å². The molecule has 0 spiro atoms. The van der Waals surface area contributed by atoms with Crippen LogP contribution in [0, 0.1) is 0 Å².